The van der Waals surface area contributed by atoms with E-state index in [4.69, 9.17) is 0 Å². The van der Waals surface area contributed by atoms with Gasteiger partial charge >= 0.3 is 0 Å². The minimum Gasteiger partial charge on any atom is -0.375 e. The molecule has 1 amide bonds. The van der Waals surface area contributed by atoms with Crippen molar-refractivity contribution in [2.24, 2.45) is 0 Å². The highest BCUT2D eigenvalue weighted by Gasteiger charge is 2.50. The minimum atomic E-state index is -1.90. The van der Waals surface area contributed by atoms with E-state index in [0.29, 0.717) is 29.8 Å². The molecule has 1 atom stereocenters. The van der Waals surface area contributed by atoms with E-state index in [1.807, 2.05) is 78.9 Å². The zero-order valence-electron chi connectivity index (χ0n) is 17.9. The van der Waals surface area contributed by atoms with Crippen LogP contribution < -0.4 is 4.90 Å². The van der Waals surface area contributed by atoms with Crippen LogP contribution in [-0.4, -0.2) is 23.3 Å². The fourth-order valence-corrected chi connectivity index (χ4v) is 4.86. The highest BCUT2D eigenvalue weighted by atomic mass is 79.9. The first-order chi connectivity index (χ1) is 16.0. The van der Waals surface area contributed by atoms with Crippen LogP contribution in [0.5, 0.6) is 0 Å². The normalized spacial score (nSPS) is 17.4. The summed E-state index contributed by atoms with van der Waals surface area (Å²) < 4.78 is 0.746. The van der Waals surface area contributed by atoms with Crippen LogP contribution in [0.4, 0.5) is 5.69 Å². The number of amides is 1. The van der Waals surface area contributed by atoms with Gasteiger partial charge in [0.2, 0.25) is 0 Å². The van der Waals surface area contributed by atoms with E-state index in [2.05, 4.69) is 15.9 Å². The van der Waals surface area contributed by atoms with Crippen LogP contribution in [0.15, 0.2) is 95.5 Å². The number of rotatable bonds is 6. The largest absolute Gasteiger partial charge is 0.375 e. The monoisotopic (exact) mass is 499 g/mol. The van der Waals surface area contributed by atoms with Crippen molar-refractivity contribution in [1.82, 2.24) is 0 Å². The van der Waals surface area contributed by atoms with Crippen molar-refractivity contribution in [3.8, 4) is 0 Å². The molecule has 0 bridgehead atoms. The molecule has 0 saturated heterocycles. The van der Waals surface area contributed by atoms with Crippen molar-refractivity contribution in [1.29, 1.82) is 0 Å². The first-order valence-corrected chi connectivity index (χ1v) is 11.7. The van der Waals surface area contributed by atoms with Gasteiger partial charge in [0, 0.05) is 22.1 Å². The van der Waals surface area contributed by atoms with Gasteiger partial charge in [-0.2, -0.15) is 0 Å². The van der Waals surface area contributed by atoms with Crippen molar-refractivity contribution in [3.63, 3.8) is 0 Å². The van der Waals surface area contributed by atoms with Crippen molar-refractivity contribution in [2.75, 3.05) is 11.4 Å². The third-order valence-corrected chi connectivity index (χ3v) is 6.74. The lowest BCUT2D eigenvalue weighted by atomic mass is 9.87. The number of hydrogen-bond acceptors (Lipinski definition) is 3. The highest BCUT2D eigenvalue weighted by Crippen LogP contribution is 2.44. The van der Waals surface area contributed by atoms with Gasteiger partial charge in [-0.05, 0) is 47.0 Å². The van der Waals surface area contributed by atoms with Gasteiger partial charge in [-0.3, -0.25) is 9.59 Å². The second-order valence-electron chi connectivity index (χ2n) is 8.38. The fourth-order valence-electron chi connectivity index (χ4n) is 4.50. The molecule has 4 nitrogen and oxygen atoms in total. The number of carbonyl (C=O) groups is 2. The van der Waals surface area contributed by atoms with E-state index < -0.39 is 11.5 Å². The van der Waals surface area contributed by atoms with Gasteiger partial charge in [-0.15, -0.1) is 0 Å². The Labute approximate surface area is 200 Å². The van der Waals surface area contributed by atoms with Gasteiger partial charge in [0.25, 0.3) is 5.91 Å². The Morgan fingerprint density at radius 2 is 1.61 bits per heavy atom. The summed E-state index contributed by atoms with van der Waals surface area (Å²) in [6.07, 6.45) is 0.340. The van der Waals surface area contributed by atoms with E-state index in [0.717, 1.165) is 20.8 Å². The number of anilines is 1. The van der Waals surface area contributed by atoms with Gasteiger partial charge < -0.3 is 10.0 Å². The van der Waals surface area contributed by atoms with E-state index in [1.165, 1.54) is 0 Å². The number of ketones is 1. The zero-order valence-corrected chi connectivity index (χ0v) is 19.5. The third-order valence-electron chi connectivity index (χ3n) is 6.25. The molecule has 4 aromatic rings. The summed E-state index contributed by atoms with van der Waals surface area (Å²) in [5, 5.41) is 13.6. The lowest BCUT2D eigenvalue weighted by Gasteiger charge is -2.23. The molecule has 5 heteroatoms. The number of halogens is 1. The number of fused-ring (bicyclic) bond motifs is 2. The van der Waals surface area contributed by atoms with E-state index in [1.54, 1.807) is 17.0 Å². The van der Waals surface area contributed by atoms with E-state index >= 15 is 0 Å². The number of hydrogen-bond donors (Lipinski definition) is 1. The maximum Gasteiger partial charge on any atom is 0.264 e. The summed E-state index contributed by atoms with van der Waals surface area (Å²) in [5.74, 6) is -0.729. The molecule has 1 aliphatic heterocycles. The summed E-state index contributed by atoms with van der Waals surface area (Å²) in [6.45, 7) is 0.421. The van der Waals surface area contributed by atoms with E-state index in [-0.39, 0.29) is 12.2 Å². The lowest BCUT2D eigenvalue weighted by molar-refractivity contribution is -0.135. The Morgan fingerprint density at radius 3 is 2.39 bits per heavy atom. The highest BCUT2D eigenvalue weighted by molar-refractivity contribution is 9.10. The summed E-state index contributed by atoms with van der Waals surface area (Å²) >= 11 is 3.44. The standard InChI is InChI=1S/C28H22BrNO3/c29-23-12-13-25-24(17-23)28(33,27(32)30(25)15-14-19-6-2-1-3-7-19)18-26(31)22-11-10-20-8-4-5-9-21(20)16-22/h1-13,16-17,33H,14-15,18H2/t28-/m1/s1. The molecule has 0 radical (unpaired) electrons. The maximum absolute atomic E-state index is 13.5. The van der Waals surface area contributed by atoms with Gasteiger partial charge in [0.05, 0.1) is 12.1 Å². The summed E-state index contributed by atoms with van der Waals surface area (Å²) in [6, 6.07) is 28.6. The molecule has 5 rings (SSSR count). The Bertz CT molecular complexity index is 1370. The molecule has 4 aromatic carbocycles. The zero-order chi connectivity index (χ0) is 23.0. The van der Waals surface area contributed by atoms with Crippen LogP contribution in [0.1, 0.15) is 27.9 Å². The third kappa shape index (κ3) is 3.99. The quantitative estimate of drug-likeness (QED) is 0.348. The Kier molecular flexibility index (Phi) is 5.60. The van der Waals surface area contributed by atoms with Crippen LogP contribution in [0, 0.1) is 0 Å². The molecule has 0 spiro atoms. The van der Waals surface area contributed by atoms with Crippen molar-refractivity contribution < 1.29 is 14.7 Å². The summed E-state index contributed by atoms with van der Waals surface area (Å²) in [7, 11) is 0. The first-order valence-electron chi connectivity index (χ1n) is 10.9. The topological polar surface area (TPSA) is 57.6 Å². The van der Waals surface area contributed by atoms with Gasteiger partial charge in [-0.25, -0.2) is 0 Å². The maximum atomic E-state index is 13.5. The molecule has 33 heavy (non-hydrogen) atoms. The molecule has 1 heterocycles. The molecule has 0 fully saturated rings. The van der Waals surface area contributed by atoms with E-state index in [9.17, 15) is 14.7 Å². The Hall–Kier alpha value is -3.28. The number of aliphatic hydroxyl groups is 1. The predicted molar refractivity (Wildman–Crippen MR) is 133 cm³/mol. The molecule has 0 aromatic heterocycles. The SMILES string of the molecule is O=C(C[C@]1(O)C(=O)N(CCc2ccccc2)c2ccc(Br)cc21)c1ccc2ccccc2c1. The van der Waals surface area contributed by atoms with Gasteiger partial charge in [-0.1, -0.05) is 82.7 Å². The fraction of sp³-hybridized carbons (Fsp3) is 0.143. The smallest absolute Gasteiger partial charge is 0.264 e. The van der Waals surface area contributed by atoms with Crippen molar-refractivity contribution in [3.05, 3.63) is 112 Å². The van der Waals surface area contributed by atoms with Gasteiger partial charge in [0.15, 0.2) is 11.4 Å². The van der Waals surface area contributed by atoms with Crippen molar-refractivity contribution >= 4 is 44.1 Å². The molecule has 0 unspecified atom stereocenters. The van der Waals surface area contributed by atoms with Crippen LogP contribution in [0.3, 0.4) is 0 Å². The Morgan fingerprint density at radius 1 is 0.879 bits per heavy atom. The number of carbonyl (C=O) groups excluding carboxylic acids is 2. The molecule has 0 aliphatic carbocycles. The van der Waals surface area contributed by atoms with Gasteiger partial charge in [0.1, 0.15) is 0 Å². The number of nitrogens with zero attached hydrogens (tertiary/aromatic N) is 1. The van der Waals surface area contributed by atoms with Crippen LogP contribution in [-0.2, 0) is 16.8 Å². The second-order valence-corrected chi connectivity index (χ2v) is 9.29. The molecular weight excluding hydrogens is 478 g/mol. The Balaban J connectivity index is 1.46. The molecule has 1 N–H and O–H groups in total. The molecule has 1 aliphatic rings. The summed E-state index contributed by atoms with van der Waals surface area (Å²) in [4.78, 5) is 28.3. The average molecular weight is 500 g/mol. The summed E-state index contributed by atoms with van der Waals surface area (Å²) in [5.41, 5.74) is 0.788. The van der Waals surface area contributed by atoms with Crippen LogP contribution in [0.25, 0.3) is 10.8 Å². The second kappa shape index (κ2) is 8.58. The average Bonchev–Trinajstić information content (AvgIpc) is 3.04. The van der Waals surface area contributed by atoms with Crippen LogP contribution >= 0.6 is 15.9 Å². The number of Topliss-reactive ketones (excluding diaryl/α,β-unsaturated/α-hetero) is 1. The predicted octanol–water partition coefficient (Wildman–Crippen LogP) is 5.65. The minimum absolute atomic E-state index is 0.271. The molecule has 0 saturated carbocycles. The lowest BCUT2D eigenvalue weighted by Crippen LogP contribution is -2.42. The molecule has 164 valence electrons. The molecular formula is C28H22BrNO3. The number of benzene rings is 4. The van der Waals surface area contributed by atoms with Crippen LogP contribution in [0.2, 0.25) is 0 Å². The van der Waals surface area contributed by atoms with Crippen molar-refractivity contribution in [2.45, 2.75) is 18.4 Å². The first kappa shape index (κ1) is 21.6.